The molecule has 4 heteroatoms. The molecule has 148 valence electrons. The van der Waals surface area contributed by atoms with E-state index in [1.54, 1.807) is 6.20 Å². The van der Waals surface area contributed by atoms with Crippen molar-refractivity contribution >= 4 is 5.91 Å². The molecular formula is C24H30N2O2. The lowest BCUT2D eigenvalue weighted by Crippen LogP contribution is -2.51. The van der Waals surface area contributed by atoms with Gasteiger partial charge >= 0.3 is 0 Å². The zero-order valence-corrected chi connectivity index (χ0v) is 16.7. The van der Waals surface area contributed by atoms with E-state index >= 15 is 0 Å². The van der Waals surface area contributed by atoms with Crippen LogP contribution in [0.5, 0.6) is 0 Å². The number of hydrogen-bond donors (Lipinski definition) is 1. The van der Waals surface area contributed by atoms with Gasteiger partial charge in [-0.15, -0.1) is 0 Å². The molecule has 1 amide bonds. The monoisotopic (exact) mass is 378 g/mol. The van der Waals surface area contributed by atoms with Gasteiger partial charge in [0.25, 0.3) is 0 Å². The van der Waals surface area contributed by atoms with Crippen LogP contribution in [0.2, 0.25) is 0 Å². The van der Waals surface area contributed by atoms with E-state index in [4.69, 9.17) is 4.42 Å². The Morgan fingerprint density at radius 2 is 1.75 bits per heavy atom. The molecule has 0 radical (unpaired) electrons. The molecule has 0 spiro atoms. The number of nitrogens with one attached hydrogen (secondary N) is 1. The Kier molecular flexibility index (Phi) is 4.53. The summed E-state index contributed by atoms with van der Waals surface area (Å²) in [6, 6.07) is 8.21. The molecule has 0 atom stereocenters. The molecule has 4 nitrogen and oxygen atoms in total. The minimum absolute atomic E-state index is 0.130. The van der Waals surface area contributed by atoms with Crippen molar-refractivity contribution in [1.29, 1.82) is 0 Å². The van der Waals surface area contributed by atoms with Gasteiger partial charge in [-0.3, -0.25) is 4.79 Å². The van der Waals surface area contributed by atoms with Crippen molar-refractivity contribution < 1.29 is 9.21 Å². The largest absolute Gasteiger partial charge is 0.441 e. The van der Waals surface area contributed by atoms with Gasteiger partial charge in [0.1, 0.15) is 0 Å². The van der Waals surface area contributed by atoms with E-state index in [0.717, 1.165) is 35.6 Å². The highest BCUT2D eigenvalue weighted by molar-refractivity contribution is 5.76. The quantitative estimate of drug-likeness (QED) is 0.776. The van der Waals surface area contributed by atoms with Crippen LogP contribution in [0.1, 0.15) is 56.4 Å². The molecule has 4 saturated carbocycles. The van der Waals surface area contributed by atoms with E-state index in [1.165, 1.54) is 44.1 Å². The van der Waals surface area contributed by atoms with Crippen LogP contribution in [0.25, 0.3) is 11.3 Å². The Bertz CT molecular complexity index is 816. The lowest BCUT2D eigenvalue weighted by atomic mass is 9.49. The molecule has 4 fully saturated rings. The number of rotatable bonds is 6. The van der Waals surface area contributed by atoms with E-state index in [-0.39, 0.29) is 5.91 Å². The van der Waals surface area contributed by atoms with Crippen LogP contribution in [0.15, 0.2) is 34.9 Å². The van der Waals surface area contributed by atoms with Crippen LogP contribution in [-0.2, 0) is 11.2 Å². The van der Waals surface area contributed by atoms with Gasteiger partial charge in [-0.1, -0.05) is 29.8 Å². The van der Waals surface area contributed by atoms with Crippen LogP contribution < -0.4 is 5.32 Å². The SMILES string of the molecule is Cc1ccc(-c2cnc(CCC(=O)NCC34CC5CC(CC(C5)C3)C4)o2)cc1. The van der Waals surface area contributed by atoms with Crippen molar-refractivity contribution in [3.8, 4) is 11.3 Å². The molecule has 4 aliphatic carbocycles. The number of aromatic nitrogens is 1. The average molecular weight is 379 g/mol. The van der Waals surface area contributed by atoms with Crippen molar-refractivity contribution in [3.05, 3.63) is 41.9 Å². The number of aryl methyl sites for hydroxylation is 2. The first-order chi connectivity index (χ1) is 13.6. The molecule has 4 bridgehead atoms. The second-order valence-electron chi connectivity index (χ2n) is 9.68. The summed E-state index contributed by atoms with van der Waals surface area (Å²) in [7, 11) is 0. The summed E-state index contributed by atoms with van der Waals surface area (Å²) in [6.45, 7) is 2.94. The van der Waals surface area contributed by atoms with Crippen molar-refractivity contribution in [2.24, 2.45) is 23.2 Å². The standard InChI is InChI=1S/C24H30N2O2/c1-16-2-4-20(5-3-16)21-14-25-23(28-21)7-6-22(27)26-15-24-11-17-8-18(12-24)10-19(9-17)13-24/h2-5,14,17-19H,6-13,15H2,1H3,(H,26,27). The molecule has 28 heavy (non-hydrogen) atoms. The topological polar surface area (TPSA) is 55.1 Å². The summed E-state index contributed by atoms with van der Waals surface area (Å²) >= 11 is 0. The van der Waals surface area contributed by atoms with Gasteiger partial charge in [0.05, 0.1) is 6.20 Å². The second-order valence-corrected chi connectivity index (χ2v) is 9.68. The van der Waals surface area contributed by atoms with E-state index < -0.39 is 0 Å². The van der Waals surface area contributed by atoms with Gasteiger partial charge in [-0.2, -0.15) is 0 Å². The maximum atomic E-state index is 12.4. The third kappa shape index (κ3) is 3.61. The highest BCUT2D eigenvalue weighted by Gasteiger charge is 2.50. The molecule has 0 saturated heterocycles. The Morgan fingerprint density at radius 1 is 1.11 bits per heavy atom. The van der Waals surface area contributed by atoms with Crippen molar-refractivity contribution in [2.75, 3.05) is 6.54 Å². The fourth-order valence-electron chi connectivity index (χ4n) is 6.38. The zero-order valence-electron chi connectivity index (χ0n) is 16.7. The maximum Gasteiger partial charge on any atom is 0.220 e. The smallest absolute Gasteiger partial charge is 0.220 e. The van der Waals surface area contributed by atoms with Gasteiger partial charge in [-0.25, -0.2) is 4.98 Å². The molecule has 0 aliphatic heterocycles. The lowest BCUT2D eigenvalue weighted by Gasteiger charge is -2.56. The molecule has 4 aliphatic rings. The fraction of sp³-hybridized carbons (Fsp3) is 0.583. The minimum atomic E-state index is 0.130. The number of carbonyl (C=O) groups is 1. The van der Waals surface area contributed by atoms with Crippen LogP contribution in [0, 0.1) is 30.1 Å². The molecule has 0 unspecified atom stereocenters. The van der Waals surface area contributed by atoms with E-state index in [9.17, 15) is 4.79 Å². The van der Waals surface area contributed by atoms with Gasteiger partial charge < -0.3 is 9.73 Å². The first-order valence-corrected chi connectivity index (χ1v) is 10.9. The van der Waals surface area contributed by atoms with E-state index in [1.807, 2.05) is 12.1 Å². The predicted octanol–water partition coefficient (Wildman–Crippen LogP) is 4.92. The van der Waals surface area contributed by atoms with Gasteiger partial charge in [0, 0.05) is 24.9 Å². The van der Waals surface area contributed by atoms with Crippen LogP contribution in [0.4, 0.5) is 0 Å². The van der Waals surface area contributed by atoms with Gasteiger partial charge in [0.15, 0.2) is 11.7 Å². The molecular weight excluding hydrogens is 348 g/mol. The fourth-order valence-corrected chi connectivity index (χ4v) is 6.38. The lowest BCUT2D eigenvalue weighted by molar-refractivity contribution is -0.123. The summed E-state index contributed by atoms with van der Waals surface area (Å²) in [5.74, 6) is 4.32. The minimum Gasteiger partial charge on any atom is -0.441 e. The molecule has 1 aromatic heterocycles. The second kappa shape index (κ2) is 7.06. The Balaban J connectivity index is 1.13. The van der Waals surface area contributed by atoms with E-state index in [2.05, 4.69) is 29.4 Å². The maximum absolute atomic E-state index is 12.4. The average Bonchev–Trinajstić information content (AvgIpc) is 3.13. The number of oxazole rings is 1. The van der Waals surface area contributed by atoms with Gasteiger partial charge in [0.2, 0.25) is 5.91 Å². The van der Waals surface area contributed by atoms with Crippen molar-refractivity contribution in [2.45, 2.75) is 58.3 Å². The molecule has 1 N–H and O–H groups in total. The molecule has 6 rings (SSSR count). The van der Waals surface area contributed by atoms with Crippen molar-refractivity contribution in [3.63, 3.8) is 0 Å². The Labute approximate surface area is 167 Å². The normalized spacial score (nSPS) is 30.5. The summed E-state index contributed by atoms with van der Waals surface area (Å²) in [5, 5.41) is 3.25. The molecule has 1 aromatic carbocycles. The predicted molar refractivity (Wildman–Crippen MR) is 109 cm³/mol. The van der Waals surface area contributed by atoms with E-state index in [0.29, 0.717) is 24.1 Å². The molecule has 2 aromatic rings. The highest BCUT2D eigenvalue weighted by Crippen LogP contribution is 2.59. The summed E-state index contributed by atoms with van der Waals surface area (Å²) in [6.07, 6.45) is 11.1. The zero-order chi connectivity index (χ0) is 19.1. The number of amides is 1. The molecule has 1 heterocycles. The van der Waals surface area contributed by atoms with Crippen molar-refractivity contribution in [1.82, 2.24) is 10.3 Å². The van der Waals surface area contributed by atoms with Crippen LogP contribution in [0.3, 0.4) is 0 Å². The first-order valence-electron chi connectivity index (χ1n) is 10.9. The number of carbonyl (C=O) groups excluding carboxylic acids is 1. The Hall–Kier alpha value is -2.10. The Morgan fingerprint density at radius 3 is 2.39 bits per heavy atom. The number of hydrogen-bond acceptors (Lipinski definition) is 3. The third-order valence-corrected chi connectivity index (χ3v) is 7.28. The number of benzene rings is 1. The highest BCUT2D eigenvalue weighted by atomic mass is 16.4. The summed E-state index contributed by atoms with van der Waals surface area (Å²) in [5.41, 5.74) is 2.64. The summed E-state index contributed by atoms with van der Waals surface area (Å²) in [4.78, 5) is 16.8. The number of nitrogens with zero attached hydrogens (tertiary/aromatic N) is 1. The first kappa shape index (κ1) is 18.0. The summed E-state index contributed by atoms with van der Waals surface area (Å²) < 4.78 is 5.85. The van der Waals surface area contributed by atoms with Crippen LogP contribution in [-0.4, -0.2) is 17.4 Å². The van der Waals surface area contributed by atoms with Gasteiger partial charge in [-0.05, 0) is 68.6 Å². The van der Waals surface area contributed by atoms with Crippen LogP contribution >= 0.6 is 0 Å². The third-order valence-electron chi connectivity index (χ3n) is 7.28.